The minimum absolute atomic E-state index is 0.172. The van der Waals surface area contributed by atoms with Gasteiger partial charge >= 0.3 is 0 Å². The van der Waals surface area contributed by atoms with Crippen molar-refractivity contribution in [2.24, 2.45) is 0 Å². The number of nitrogens with zero attached hydrogens (tertiary/aromatic N) is 3. The molecule has 0 saturated carbocycles. The van der Waals surface area contributed by atoms with Crippen LogP contribution in [0.4, 0.5) is 0 Å². The second-order valence-electron chi connectivity index (χ2n) is 4.73. The third kappa shape index (κ3) is 5.48. The molecule has 0 aromatic carbocycles. The first kappa shape index (κ1) is 14.4. The summed E-state index contributed by atoms with van der Waals surface area (Å²) in [4.78, 5) is 18.0. The lowest BCUT2D eigenvalue weighted by Gasteiger charge is -2.32. The van der Waals surface area contributed by atoms with Crippen LogP contribution in [0.1, 0.15) is 6.92 Å². The van der Waals surface area contributed by atoms with Crippen molar-refractivity contribution in [3.63, 3.8) is 0 Å². The van der Waals surface area contributed by atoms with Gasteiger partial charge < -0.3 is 15.1 Å². The fourth-order valence-electron chi connectivity index (χ4n) is 1.82. The van der Waals surface area contributed by atoms with Gasteiger partial charge in [-0.25, -0.2) is 0 Å². The number of amides is 1. The fourth-order valence-corrected chi connectivity index (χ4v) is 1.82. The highest BCUT2D eigenvalue weighted by Crippen LogP contribution is 1.97. The van der Waals surface area contributed by atoms with Crippen LogP contribution in [-0.2, 0) is 4.79 Å². The van der Waals surface area contributed by atoms with Gasteiger partial charge in [0.25, 0.3) is 0 Å². The standard InChI is InChI=1S/C12H26N4O/c1-4-15(3)12(17)11-13-5-6-16-9-7-14(2)8-10-16/h13H,4-11H2,1-3H3. The van der Waals surface area contributed by atoms with Crippen LogP contribution in [0.2, 0.25) is 0 Å². The van der Waals surface area contributed by atoms with Crippen LogP contribution in [0, 0.1) is 0 Å². The van der Waals surface area contributed by atoms with Crippen LogP contribution in [-0.4, -0.2) is 87.1 Å². The average Bonchev–Trinajstić information content (AvgIpc) is 2.35. The fraction of sp³-hybridized carbons (Fsp3) is 0.917. The molecule has 1 amide bonds. The molecule has 1 rings (SSSR count). The highest BCUT2D eigenvalue weighted by molar-refractivity contribution is 5.77. The van der Waals surface area contributed by atoms with Crippen LogP contribution >= 0.6 is 0 Å². The minimum Gasteiger partial charge on any atom is -0.345 e. The van der Waals surface area contributed by atoms with Crippen molar-refractivity contribution in [1.82, 2.24) is 20.0 Å². The quantitative estimate of drug-likeness (QED) is 0.625. The predicted octanol–water partition coefficient (Wildman–Crippen LogP) is -0.698. The summed E-state index contributed by atoms with van der Waals surface area (Å²) in [5, 5.41) is 3.21. The molecular formula is C12H26N4O. The van der Waals surface area contributed by atoms with Crippen LogP contribution in [0.3, 0.4) is 0 Å². The van der Waals surface area contributed by atoms with E-state index in [-0.39, 0.29) is 5.91 Å². The third-order valence-electron chi connectivity index (χ3n) is 3.38. The first-order valence-electron chi connectivity index (χ1n) is 6.49. The Labute approximate surface area is 105 Å². The molecule has 0 aliphatic carbocycles. The molecule has 1 N–H and O–H groups in total. The van der Waals surface area contributed by atoms with Crippen molar-refractivity contribution in [1.29, 1.82) is 0 Å². The summed E-state index contributed by atoms with van der Waals surface area (Å²) in [5.74, 6) is 0.172. The van der Waals surface area contributed by atoms with E-state index in [1.807, 2.05) is 14.0 Å². The molecule has 5 heteroatoms. The summed E-state index contributed by atoms with van der Waals surface area (Å²) in [6.07, 6.45) is 0. The SMILES string of the molecule is CCN(C)C(=O)CNCCN1CCN(C)CC1. The van der Waals surface area contributed by atoms with Gasteiger partial charge in [0.15, 0.2) is 0 Å². The van der Waals surface area contributed by atoms with Crippen LogP contribution < -0.4 is 5.32 Å². The molecule has 100 valence electrons. The number of carbonyl (C=O) groups excluding carboxylic acids is 1. The molecule has 1 aliphatic rings. The molecule has 1 heterocycles. The first-order chi connectivity index (χ1) is 8.13. The Morgan fingerprint density at radius 2 is 1.94 bits per heavy atom. The topological polar surface area (TPSA) is 38.8 Å². The van der Waals surface area contributed by atoms with E-state index in [1.165, 1.54) is 0 Å². The summed E-state index contributed by atoms with van der Waals surface area (Å²) >= 11 is 0. The molecular weight excluding hydrogens is 216 g/mol. The van der Waals surface area contributed by atoms with E-state index in [0.29, 0.717) is 6.54 Å². The Morgan fingerprint density at radius 3 is 2.53 bits per heavy atom. The minimum atomic E-state index is 0.172. The van der Waals surface area contributed by atoms with E-state index in [1.54, 1.807) is 4.90 Å². The lowest BCUT2D eigenvalue weighted by atomic mass is 10.3. The number of hydrogen-bond donors (Lipinski definition) is 1. The van der Waals surface area contributed by atoms with Crippen molar-refractivity contribution in [2.45, 2.75) is 6.92 Å². The van der Waals surface area contributed by atoms with Crippen LogP contribution in [0.5, 0.6) is 0 Å². The predicted molar refractivity (Wildman–Crippen MR) is 70.1 cm³/mol. The molecule has 0 aromatic rings. The number of carbonyl (C=O) groups is 1. The molecule has 0 spiro atoms. The Morgan fingerprint density at radius 1 is 1.29 bits per heavy atom. The zero-order valence-electron chi connectivity index (χ0n) is 11.4. The molecule has 1 aliphatic heterocycles. The molecule has 0 radical (unpaired) electrons. The average molecular weight is 242 g/mol. The van der Waals surface area contributed by atoms with Gasteiger partial charge in [-0.15, -0.1) is 0 Å². The monoisotopic (exact) mass is 242 g/mol. The van der Waals surface area contributed by atoms with Crippen molar-refractivity contribution < 1.29 is 4.79 Å². The van der Waals surface area contributed by atoms with Gasteiger partial charge in [0, 0.05) is 52.9 Å². The van der Waals surface area contributed by atoms with Gasteiger partial charge in [-0.2, -0.15) is 0 Å². The summed E-state index contributed by atoms with van der Waals surface area (Å²) in [5.41, 5.74) is 0. The van der Waals surface area contributed by atoms with E-state index < -0.39 is 0 Å². The van der Waals surface area contributed by atoms with E-state index in [2.05, 4.69) is 22.2 Å². The normalized spacial score (nSPS) is 18.3. The van der Waals surface area contributed by atoms with E-state index >= 15 is 0 Å². The Bertz CT molecular complexity index is 227. The van der Waals surface area contributed by atoms with Crippen molar-refractivity contribution in [2.75, 3.05) is 66.5 Å². The van der Waals surface area contributed by atoms with Crippen molar-refractivity contribution >= 4 is 5.91 Å². The van der Waals surface area contributed by atoms with Gasteiger partial charge in [-0.1, -0.05) is 0 Å². The smallest absolute Gasteiger partial charge is 0.236 e. The molecule has 1 fully saturated rings. The summed E-state index contributed by atoms with van der Waals surface area (Å²) in [7, 11) is 4.00. The Hall–Kier alpha value is -0.650. The summed E-state index contributed by atoms with van der Waals surface area (Å²) in [6, 6.07) is 0. The zero-order valence-corrected chi connectivity index (χ0v) is 11.4. The molecule has 0 unspecified atom stereocenters. The molecule has 0 atom stereocenters. The largest absolute Gasteiger partial charge is 0.345 e. The van der Waals surface area contributed by atoms with Crippen LogP contribution in [0.25, 0.3) is 0 Å². The molecule has 17 heavy (non-hydrogen) atoms. The maximum atomic E-state index is 11.5. The van der Waals surface area contributed by atoms with Crippen molar-refractivity contribution in [3.05, 3.63) is 0 Å². The highest BCUT2D eigenvalue weighted by Gasteiger charge is 2.13. The van der Waals surface area contributed by atoms with E-state index in [4.69, 9.17) is 0 Å². The second-order valence-corrected chi connectivity index (χ2v) is 4.73. The molecule has 5 nitrogen and oxygen atoms in total. The Kier molecular flexibility index (Phi) is 6.47. The summed E-state index contributed by atoms with van der Waals surface area (Å²) < 4.78 is 0. The third-order valence-corrected chi connectivity index (χ3v) is 3.38. The number of hydrogen-bond acceptors (Lipinski definition) is 4. The number of rotatable bonds is 6. The number of nitrogens with one attached hydrogen (secondary N) is 1. The van der Waals surface area contributed by atoms with E-state index in [9.17, 15) is 4.79 Å². The number of likely N-dealkylation sites (N-methyl/N-ethyl adjacent to an activating group) is 2. The Balaban J connectivity index is 2.02. The van der Waals surface area contributed by atoms with Gasteiger partial charge in [0.05, 0.1) is 6.54 Å². The number of piperazine rings is 1. The summed E-state index contributed by atoms with van der Waals surface area (Å²) in [6.45, 7) is 9.74. The van der Waals surface area contributed by atoms with Gasteiger partial charge in [-0.05, 0) is 14.0 Å². The first-order valence-corrected chi connectivity index (χ1v) is 6.49. The van der Waals surface area contributed by atoms with Gasteiger partial charge in [0.2, 0.25) is 5.91 Å². The highest BCUT2D eigenvalue weighted by atomic mass is 16.2. The lowest BCUT2D eigenvalue weighted by Crippen LogP contribution is -2.47. The zero-order chi connectivity index (χ0) is 12.7. The maximum absolute atomic E-state index is 11.5. The molecule has 1 saturated heterocycles. The molecule has 0 aromatic heterocycles. The van der Waals surface area contributed by atoms with Gasteiger partial charge in [0.1, 0.15) is 0 Å². The second kappa shape index (κ2) is 7.63. The lowest BCUT2D eigenvalue weighted by molar-refractivity contribution is -0.128. The molecule has 0 bridgehead atoms. The van der Waals surface area contributed by atoms with Gasteiger partial charge in [-0.3, -0.25) is 9.69 Å². The van der Waals surface area contributed by atoms with E-state index in [0.717, 1.165) is 45.8 Å². The maximum Gasteiger partial charge on any atom is 0.236 e. The van der Waals surface area contributed by atoms with Crippen molar-refractivity contribution in [3.8, 4) is 0 Å². The van der Waals surface area contributed by atoms with Crippen LogP contribution in [0.15, 0.2) is 0 Å².